The molecule has 0 saturated heterocycles. The zero-order chi connectivity index (χ0) is 20.1. The van der Waals surface area contributed by atoms with E-state index in [0.717, 1.165) is 29.5 Å². The third kappa shape index (κ3) is 4.57. The summed E-state index contributed by atoms with van der Waals surface area (Å²) < 4.78 is 21.4. The molecule has 29 heavy (non-hydrogen) atoms. The second kappa shape index (κ2) is 8.78. The Labute approximate surface area is 169 Å². The van der Waals surface area contributed by atoms with Gasteiger partial charge >= 0.3 is 0 Å². The largest absolute Gasteiger partial charge is 0.467 e. The van der Waals surface area contributed by atoms with E-state index in [1.165, 1.54) is 11.6 Å². The zero-order valence-corrected chi connectivity index (χ0v) is 16.1. The van der Waals surface area contributed by atoms with Crippen LogP contribution in [0.4, 0.5) is 4.39 Å². The molecule has 0 saturated carbocycles. The summed E-state index contributed by atoms with van der Waals surface area (Å²) in [6.07, 6.45) is 5.67. The Morgan fingerprint density at radius 3 is 2.66 bits per heavy atom. The lowest BCUT2D eigenvalue weighted by Crippen LogP contribution is -2.22. The van der Waals surface area contributed by atoms with Crippen molar-refractivity contribution in [3.63, 3.8) is 0 Å². The highest BCUT2D eigenvalue weighted by Crippen LogP contribution is 2.24. The summed E-state index contributed by atoms with van der Waals surface area (Å²) in [6.45, 7) is 0.893. The molecule has 0 aliphatic heterocycles. The van der Waals surface area contributed by atoms with Crippen molar-refractivity contribution in [2.24, 2.45) is 0 Å². The van der Waals surface area contributed by atoms with Crippen LogP contribution in [0.1, 0.15) is 29.7 Å². The van der Waals surface area contributed by atoms with Crippen LogP contribution in [0, 0.1) is 5.82 Å². The van der Waals surface area contributed by atoms with Crippen molar-refractivity contribution < 1.29 is 13.6 Å². The van der Waals surface area contributed by atoms with Gasteiger partial charge in [0, 0.05) is 29.1 Å². The molecule has 0 bridgehead atoms. The number of halogens is 1. The highest BCUT2D eigenvalue weighted by atomic mass is 19.1. The van der Waals surface area contributed by atoms with Gasteiger partial charge in [0.05, 0.1) is 19.4 Å². The van der Waals surface area contributed by atoms with Crippen LogP contribution in [0.25, 0.3) is 10.9 Å². The van der Waals surface area contributed by atoms with E-state index in [-0.39, 0.29) is 11.7 Å². The number of aromatic nitrogens is 1. The summed E-state index contributed by atoms with van der Waals surface area (Å²) in [5.74, 6) is 0.561. The van der Waals surface area contributed by atoms with Gasteiger partial charge < -0.3 is 14.3 Å². The minimum atomic E-state index is -0.194. The molecule has 4 rings (SSSR count). The second-order valence-electron chi connectivity index (χ2n) is 7.10. The number of fused-ring (bicyclic) bond motifs is 1. The summed E-state index contributed by atoms with van der Waals surface area (Å²) in [5, 5.41) is 4.03. The van der Waals surface area contributed by atoms with Crippen molar-refractivity contribution in [3.8, 4) is 0 Å². The number of hydrogen-bond acceptors (Lipinski definition) is 2. The SMILES string of the molecule is O=C(CCCc1cn(Cc2ccccc2F)c2ccccc12)NCc1ccco1. The van der Waals surface area contributed by atoms with Crippen molar-refractivity contribution in [2.75, 3.05) is 0 Å². The molecular formula is C24H23FN2O2. The molecule has 0 radical (unpaired) electrons. The van der Waals surface area contributed by atoms with E-state index < -0.39 is 0 Å². The fourth-order valence-corrected chi connectivity index (χ4v) is 3.59. The highest BCUT2D eigenvalue weighted by Gasteiger charge is 2.11. The van der Waals surface area contributed by atoms with Crippen LogP contribution in [-0.4, -0.2) is 10.5 Å². The first-order valence-electron chi connectivity index (χ1n) is 9.80. The minimum absolute atomic E-state index is 0.0106. The number of hydrogen-bond donors (Lipinski definition) is 1. The highest BCUT2D eigenvalue weighted by molar-refractivity contribution is 5.84. The van der Waals surface area contributed by atoms with Crippen molar-refractivity contribution in [1.29, 1.82) is 0 Å². The van der Waals surface area contributed by atoms with Gasteiger partial charge in [-0.1, -0.05) is 36.4 Å². The molecule has 2 aromatic heterocycles. The van der Waals surface area contributed by atoms with Gasteiger partial charge in [-0.15, -0.1) is 0 Å². The van der Waals surface area contributed by atoms with Crippen molar-refractivity contribution in [3.05, 3.63) is 95.8 Å². The molecule has 2 aromatic carbocycles. The maximum absolute atomic E-state index is 14.1. The molecule has 5 heteroatoms. The first-order valence-corrected chi connectivity index (χ1v) is 9.80. The van der Waals surface area contributed by atoms with Crippen LogP contribution >= 0.6 is 0 Å². The number of para-hydroxylation sites is 1. The number of carbonyl (C=O) groups excluding carboxylic acids is 1. The topological polar surface area (TPSA) is 47.2 Å². The Bertz CT molecular complexity index is 1100. The van der Waals surface area contributed by atoms with Crippen LogP contribution < -0.4 is 5.32 Å². The number of rotatable bonds is 8. The molecule has 2 heterocycles. The van der Waals surface area contributed by atoms with E-state index in [0.29, 0.717) is 25.1 Å². The van der Waals surface area contributed by atoms with Gasteiger partial charge in [0.25, 0.3) is 0 Å². The quantitative estimate of drug-likeness (QED) is 0.457. The lowest BCUT2D eigenvalue weighted by molar-refractivity contribution is -0.121. The average molecular weight is 390 g/mol. The average Bonchev–Trinajstić information content (AvgIpc) is 3.37. The Morgan fingerprint density at radius 1 is 1.00 bits per heavy atom. The van der Waals surface area contributed by atoms with E-state index in [4.69, 9.17) is 4.42 Å². The van der Waals surface area contributed by atoms with Crippen LogP contribution in [0.2, 0.25) is 0 Å². The molecule has 148 valence electrons. The van der Waals surface area contributed by atoms with Crippen molar-refractivity contribution in [2.45, 2.75) is 32.4 Å². The van der Waals surface area contributed by atoms with Gasteiger partial charge in [0.2, 0.25) is 5.91 Å². The lowest BCUT2D eigenvalue weighted by Gasteiger charge is -2.06. The van der Waals surface area contributed by atoms with Gasteiger partial charge in [-0.25, -0.2) is 4.39 Å². The summed E-state index contributed by atoms with van der Waals surface area (Å²) in [4.78, 5) is 12.1. The van der Waals surface area contributed by atoms with Gasteiger partial charge in [0.1, 0.15) is 11.6 Å². The fraction of sp³-hybridized carbons (Fsp3) is 0.208. The Kier molecular flexibility index (Phi) is 5.75. The van der Waals surface area contributed by atoms with E-state index in [2.05, 4.69) is 28.2 Å². The number of amides is 1. The lowest BCUT2D eigenvalue weighted by atomic mass is 10.1. The number of aryl methyl sites for hydroxylation is 1. The van der Waals surface area contributed by atoms with E-state index >= 15 is 0 Å². The smallest absolute Gasteiger partial charge is 0.220 e. The van der Waals surface area contributed by atoms with Crippen molar-refractivity contribution in [1.82, 2.24) is 9.88 Å². The number of carbonyl (C=O) groups is 1. The summed E-state index contributed by atoms with van der Waals surface area (Å²) >= 11 is 0. The second-order valence-corrected chi connectivity index (χ2v) is 7.10. The molecule has 4 aromatic rings. The van der Waals surface area contributed by atoms with Crippen LogP contribution in [0.3, 0.4) is 0 Å². The number of benzene rings is 2. The number of nitrogens with one attached hydrogen (secondary N) is 1. The standard InChI is InChI=1S/C24H23FN2O2/c25-22-11-3-1-7-19(22)17-27-16-18(21-10-2-4-12-23(21)27)8-5-13-24(28)26-15-20-9-6-14-29-20/h1-4,6-7,9-12,14,16H,5,8,13,15,17H2,(H,26,28). The molecular weight excluding hydrogens is 367 g/mol. The van der Waals surface area contributed by atoms with Gasteiger partial charge in [0.15, 0.2) is 0 Å². The molecule has 0 fully saturated rings. The maximum Gasteiger partial charge on any atom is 0.220 e. The third-order valence-corrected chi connectivity index (χ3v) is 5.06. The van der Waals surface area contributed by atoms with E-state index in [9.17, 15) is 9.18 Å². The summed E-state index contributed by atoms with van der Waals surface area (Å²) in [7, 11) is 0. The molecule has 1 amide bonds. The zero-order valence-electron chi connectivity index (χ0n) is 16.1. The fourth-order valence-electron chi connectivity index (χ4n) is 3.59. The van der Waals surface area contributed by atoms with Crippen LogP contribution in [-0.2, 0) is 24.3 Å². The van der Waals surface area contributed by atoms with Gasteiger partial charge in [-0.05, 0) is 42.7 Å². The van der Waals surface area contributed by atoms with E-state index in [1.54, 1.807) is 18.4 Å². The Balaban J connectivity index is 1.41. The Hall–Kier alpha value is -3.34. The Morgan fingerprint density at radius 2 is 1.83 bits per heavy atom. The van der Waals surface area contributed by atoms with Crippen LogP contribution in [0.15, 0.2) is 77.5 Å². The monoisotopic (exact) mass is 390 g/mol. The first-order chi connectivity index (χ1) is 14.2. The molecule has 0 unspecified atom stereocenters. The van der Waals surface area contributed by atoms with Gasteiger partial charge in [-0.3, -0.25) is 4.79 Å². The summed E-state index contributed by atoms with van der Waals surface area (Å²) in [5.41, 5.74) is 2.92. The molecule has 0 spiro atoms. The first kappa shape index (κ1) is 19.0. The summed E-state index contributed by atoms with van der Waals surface area (Å²) in [6, 6.07) is 18.6. The third-order valence-electron chi connectivity index (χ3n) is 5.06. The van der Waals surface area contributed by atoms with E-state index in [1.807, 2.05) is 30.3 Å². The molecule has 0 aliphatic carbocycles. The molecule has 1 N–H and O–H groups in total. The van der Waals surface area contributed by atoms with Crippen LogP contribution in [0.5, 0.6) is 0 Å². The number of furan rings is 1. The predicted molar refractivity (Wildman–Crippen MR) is 111 cm³/mol. The van der Waals surface area contributed by atoms with Gasteiger partial charge in [-0.2, -0.15) is 0 Å². The normalized spacial score (nSPS) is 11.1. The molecule has 0 atom stereocenters. The molecule has 4 nitrogen and oxygen atoms in total. The number of nitrogens with zero attached hydrogens (tertiary/aromatic N) is 1. The maximum atomic E-state index is 14.1. The molecule has 0 aliphatic rings. The predicted octanol–water partition coefficient (Wildman–Crippen LogP) is 5.06. The minimum Gasteiger partial charge on any atom is -0.467 e. The van der Waals surface area contributed by atoms with Crippen molar-refractivity contribution >= 4 is 16.8 Å².